The summed E-state index contributed by atoms with van der Waals surface area (Å²) in [5.74, 6) is 1.81. The summed E-state index contributed by atoms with van der Waals surface area (Å²) < 4.78 is 0. The van der Waals surface area contributed by atoms with E-state index < -0.39 is 5.60 Å². The minimum atomic E-state index is -0.709. The van der Waals surface area contributed by atoms with E-state index in [1.807, 2.05) is 19.2 Å². The molecule has 4 rings (SSSR count). The number of aryl methyl sites for hydroxylation is 1. The predicted molar refractivity (Wildman–Crippen MR) is 92.0 cm³/mol. The molecule has 1 N–H and O–H groups in total. The van der Waals surface area contributed by atoms with Gasteiger partial charge in [-0.25, -0.2) is 0 Å². The summed E-state index contributed by atoms with van der Waals surface area (Å²) in [4.78, 5) is 7.16. The van der Waals surface area contributed by atoms with E-state index in [9.17, 15) is 5.11 Å². The maximum Gasteiger partial charge on any atom is 0.111 e. The van der Waals surface area contributed by atoms with Gasteiger partial charge in [-0.15, -0.1) is 0 Å². The molecule has 3 aliphatic rings. The molecule has 0 bridgehead atoms. The summed E-state index contributed by atoms with van der Waals surface area (Å²) in [5.41, 5.74) is 1.34. The van der Waals surface area contributed by atoms with Gasteiger partial charge in [-0.1, -0.05) is 18.2 Å². The van der Waals surface area contributed by atoms with Gasteiger partial charge in [0.2, 0.25) is 0 Å². The third kappa shape index (κ3) is 2.85. The summed E-state index contributed by atoms with van der Waals surface area (Å²) >= 11 is 0. The minimum absolute atomic E-state index is 0.358. The zero-order valence-corrected chi connectivity index (χ0v) is 14.1. The molecule has 2 heterocycles. The molecule has 4 atom stereocenters. The zero-order valence-electron chi connectivity index (χ0n) is 14.1. The molecule has 1 aromatic heterocycles. The lowest BCUT2D eigenvalue weighted by Gasteiger charge is -2.31. The number of aromatic nitrogens is 1. The van der Waals surface area contributed by atoms with E-state index in [0.717, 1.165) is 36.6 Å². The molecule has 1 saturated carbocycles. The summed E-state index contributed by atoms with van der Waals surface area (Å²) in [6.07, 6.45) is 12.4. The maximum absolute atomic E-state index is 11.3. The van der Waals surface area contributed by atoms with Gasteiger partial charge in [-0.3, -0.25) is 4.98 Å². The SMILES string of the molecule is Cc1ccc([C@]2(O)CC[C@H]3CN(C[C@@H]4CC=CCC4)C[C@H]32)nc1. The second kappa shape index (κ2) is 6.03. The van der Waals surface area contributed by atoms with Crippen molar-refractivity contribution < 1.29 is 5.11 Å². The Balaban J connectivity index is 1.46. The van der Waals surface area contributed by atoms with Crippen molar-refractivity contribution in [2.75, 3.05) is 19.6 Å². The van der Waals surface area contributed by atoms with Crippen molar-refractivity contribution in [3.63, 3.8) is 0 Å². The Labute approximate surface area is 139 Å². The Morgan fingerprint density at radius 3 is 2.91 bits per heavy atom. The van der Waals surface area contributed by atoms with Crippen molar-refractivity contribution >= 4 is 0 Å². The van der Waals surface area contributed by atoms with Crippen molar-refractivity contribution in [3.05, 3.63) is 41.7 Å². The van der Waals surface area contributed by atoms with E-state index in [2.05, 4.69) is 28.1 Å². The van der Waals surface area contributed by atoms with Gasteiger partial charge >= 0.3 is 0 Å². The first-order valence-electron chi connectivity index (χ1n) is 9.18. The first-order chi connectivity index (χ1) is 11.1. The number of nitrogens with zero attached hydrogens (tertiary/aromatic N) is 2. The molecule has 3 nitrogen and oxygen atoms in total. The Bertz CT molecular complexity index is 582. The van der Waals surface area contributed by atoms with Crippen LogP contribution in [0.15, 0.2) is 30.5 Å². The molecule has 23 heavy (non-hydrogen) atoms. The van der Waals surface area contributed by atoms with Crippen molar-refractivity contribution in [1.82, 2.24) is 9.88 Å². The lowest BCUT2D eigenvalue weighted by atomic mass is 9.85. The van der Waals surface area contributed by atoms with E-state index >= 15 is 0 Å². The fourth-order valence-electron chi connectivity index (χ4n) is 4.96. The molecule has 0 unspecified atom stereocenters. The summed E-state index contributed by atoms with van der Waals surface area (Å²) in [6, 6.07) is 4.11. The number of pyridine rings is 1. The standard InChI is InChI=1S/C20H28N2O/c1-15-7-8-19(21-11-15)20(23)10-9-17-13-22(14-18(17)20)12-16-5-3-2-4-6-16/h2-3,7-8,11,16-18,23H,4-6,9-10,12-14H2,1H3/t16-,17+,18-,20+/m1/s1. The number of rotatable bonds is 3. The van der Waals surface area contributed by atoms with Crippen LogP contribution in [0.2, 0.25) is 0 Å². The molecule has 3 heteroatoms. The molecule has 2 fully saturated rings. The fraction of sp³-hybridized carbons (Fsp3) is 0.650. The smallest absolute Gasteiger partial charge is 0.111 e. The summed E-state index contributed by atoms with van der Waals surface area (Å²) in [6.45, 7) is 5.46. The van der Waals surface area contributed by atoms with Crippen LogP contribution < -0.4 is 0 Å². The molecule has 2 aliphatic carbocycles. The van der Waals surface area contributed by atoms with Crippen LogP contribution in [-0.4, -0.2) is 34.6 Å². The van der Waals surface area contributed by atoms with Gasteiger partial charge < -0.3 is 10.0 Å². The number of fused-ring (bicyclic) bond motifs is 1. The van der Waals surface area contributed by atoms with Crippen LogP contribution in [0.1, 0.15) is 43.4 Å². The molecule has 0 amide bonds. The summed E-state index contributed by atoms with van der Waals surface area (Å²) in [5, 5.41) is 11.3. The third-order valence-electron chi connectivity index (χ3n) is 6.28. The van der Waals surface area contributed by atoms with Crippen LogP contribution in [0.25, 0.3) is 0 Å². The van der Waals surface area contributed by atoms with Gasteiger partial charge in [0.05, 0.1) is 5.69 Å². The number of hydrogen-bond donors (Lipinski definition) is 1. The van der Waals surface area contributed by atoms with E-state index in [-0.39, 0.29) is 0 Å². The van der Waals surface area contributed by atoms with Crippen LogP contribution in [0.5, 0.6) is 0 Å². The molecular weight excluding hydrogens is 284 g/mol. The first kappa shape index (κ1) is 15.3. The van der Waals surface area contributed by atoms with Gasteiger partial charge in [0.1, 0.15) is 5.60 Å². The second-order valence-corrected chi connectivity index (χ2v) is 7.92. The number of likely N-dealkylation sites (tertiary alicyclic amines) is 1. The van der Waals surface area contributed by atoms with Crippen LogP contribution in [-0.2, 0) is 5.60 Å². The lowest BCUT2D eigenvalue weighted by Crippen LogP contribution is -2.36. The predicted octanol–water partition coefficient (Wildman–Crippen LogP) is 3.28. The molecule has 0 aromatic carbocycles. The molecular formula is C20H28N2O. The monoisotopic (exact) mass is 312 g/mol. The second-order valence-electron chi connectivity index (χ2n) is 7.92. The van der Waals surface area contributed by atoms with Crippen LogP contribution >= 0.6 is 0 Å². The molecule has 0 spiro atoms. The van der Waals surface area contributed by atoms with Crippen LogP contribution in [0.4, 0.5) is 0 Å². The van der Waals surface area contributed by atoms with Gasteiger partial charge in [0.25, 0.3) is 0 Å². The van der Waals surface area contributed by atoms with Gasteiger partial charge in [0, 0.05) is 31.7 Å². The topological polar surface area (TPSA) is 36.4 Å². The first-order valence-corrected chi connectivity index (χ1v) is 9.18. The Morgan fingerprint density at radius 2 is 2.17 bits per heavy atom. The highest BCUT2D eigenvalue weighted by atomic mass is 16.3. The number of aliphatic hydroxyl groups is 1. The van der Waals surface area contributed by atoms with E-state index in [0.29, 0.717) is 11.8 Å². The van der Waals surface area contributed by atoms with Gasteiger partial charge in [-0.2, -0.15) is 0 Å². The highest BCUT2D eigenvalue weighted by Crippen LogP contribution is 2.50. The van der Waals surface area contributed by atoms with Gasteiger partial charge in [-0.05, 0) is 62.5 Å². The minimum Gasteiger partial charge on any atom is -0.383 e. The highest BCUT2D eigenvalue weighted by Gasteiger charge is 2.53. The number of hydrogen-bond acceptors (Lipinski definition) is 3. The lowest BCUT2D eigenvalue weighted by molar-refractivity contribution is -0.0111. The average Bonchev–Trinajstić information content (AvgIpc) is 3.10. The molecule has 124 valence electrons. The Kier molecular flexibility index (Phi) is 4.02. The van der Waals surface area contributed by atoms with Crippen molar-refractivity contribution in [2.45, 2.75) is 44.6 Å². The van der Waals surface area contributed by atoms with Crippen LogP contribution in [0.3, 0.4) is 0 Å². The summed E-state index contributed by atoms with van der Waals surface area (Å²) in [7, 11) is 0. The fourth-order valence-corrected chi connectivity index (χ4v) is 4.96. The Hall–Kier alpha value is -1.19. The zero-order chi connectivity index (χ0) is 15.9. The van der Waals surface area contributed by atoms with Gasteiger partial charge in [0.15, 0.2) is 0 Å². The van der Waals surface area contributed by atoms with Crippen molar-refractivity contribution in [3.8, 4) is 0 Å². The maximum atomic E-state index is 11.3. The quantitative estimate of drug-likeness (QED) is 0.870. The van der Waals surface area contributed by atoms with E-state index in [4.69, 9.17) is 0 Å². The molecule has 0 radical (unpaired) electrons. The van der Waals surface area contributed by atoms with E-state index in [1.165, 1.54) is 32.4 Å². The third-order valence-corrected chi connectivity index (χ3v) is 6.28. The van der Waals surface area contributed by atoms with E-state index in [1.54, 1.807) is 0 Å². The average molecular weight is 312 g/mol. The number of allylic oxidation sites excluding steroid dienone is 2. The van der Waals surface area contributed by atoms with Crippen molar-refractivity contribution in [1.29, 1.82) is 0 Å². The van der Waals surface area contributed by atoms with Crippen molar-refractivity contribution in [2.24, 2.45) is 17.8 Å². The molecule has 1 aliphatic heterocycles. The highest BCUT2D eigenvalue weighted by molar-refractivity contribution is 5.22. The largest absolute Gasteiger partial charge is 0.383 e. The van der Waals surface area contributed by atoms with Crippen LogP contribution in [0, 0.1) is 24.7 Å². The Morgan fingerprint density at radius 1 is 1.26 bits per heavy atom. The normalized spacial score (nSPS) is 37.2. The molecule has 1 saturated heterocycles. The molecule has 1 aromatic rings.